The van der Waals surface area contributed by atoms with E-state index < -0.39 is 44.1 Å². The Morgan fingerprint density at radius 1 is 0.564 bits per heavy atom. The summed E-state index contributed by atoms with van der Waals surface area (Å²) in [5, 5.41) is 22.7. The molecule has 0 unspecified atom stereocenters. The summed E-state index contributed by atoms with van der Waals surface area (Å²) in [7, 11) is -7.79. The molecule has 4 aliphatic heterocycles. The number of fused-ring (bicyclic) bond motifs is 8. The van der Waals surface area contributed by atoms with Gasteiger partial charge in [0.25, 0.3) is 11.8 Å². The molecule has 0 aromatic heterocycles. The Morgan fingerprint density at radius 2 is 0.987 bits per heavy atom. The molecule has 8 aliphatic rings. The van der Waals surface area contributed by atoms with Crippen LogP contribution in [0.4, 0.5) is 11.4 Å². The number of nitrogens with one attached hydrogen (secondary N) is 2. The van der Waals surface area contributed by atoms with Crippen LogP contribution in [0.1, 0.15) is 107 Å². The van der Waals surface area contributed by atoms with E-state index in [0.29, 0.717) is 74.3 Å². The number of hydrogen-bond donors (Lipinski definition) is 4. The molecule has 2 saturated carbocycles. The molecule has 2 spiro atoms. The third kappa shape index (κ3) is 12.0. The van der Waals surface area contributed by atoms with Gasteiger partial charge in [0.15, 0.2) is 0 Å². The minimum absolute atomic E-state index is 0.0793. The van der Waals surface area contributed by atoms with Gasteiger partial charge < -0.3 is 39.0 Å². The van der Waals surface area contributed by atoms with E-state index in [2.05, 4.69) is 43.5 Å². The van der Waals surface area contributed by atoms with Crippen LogP contribution in [-0.4, -0.2) is 128 Å². The number of aliphatic hydroxyl groups is 2. The van der Waals surface area contributed by atoms with E-state index in [1.54, 1.807) is 36.4 Å². The van der Waals surface area contributed by atoms with E-state index in [-0.39, 0.29) is 59.9 Å². The monoisotopic (exact) mass is 1150 g/mol. The predicted molar refractivity (Wildman–Crippen MR) is 298 cm³/mol. The van der Waals surface area contributed by atoms with Gasteiger partial charge in [0, 0.05) is 58.2 Å². The van der Waals surface area contributed by atoms with Gasteiger partial charge in [-0.15, -0.1) is 0 Å². The van der Waals surface area contributed by atoms with E-state index in [9.17, 15) is 36.6 Å². The Bertz CT molecular complexity index is 2940. The maximum absolute atomic E-state index is 13.0. The Kier molecular flexibility index (Phi) is 16.1. The van der Waals surface area contributed by atoms with Crippen LogP contribution in [0.15, 0.2) is 72.8 Å². The van der Waals surface area contributed by atoms with E-state index in [4.69, 9.17) is 42.1 Å². The number of anilines is 2. The van der Waals surface area contributed by atoms with Gasteiger partial charge >= 0.3 is 0 Å². The SMILES string of the molecule is O=C1NS(=O)(=O)CCOC[C@@H](O)C[C@@H]2CC[C@H]2CN2C[C@@]3(CCCc4cc(Cl)ccc43)COc3ccc1cc32.O=C1NS(=O)(=O)CCOC[C@H](O)C[C@@H]2CC[C@H]2CN2C[C@@]3(CCCc4cc(Cl)ccc43)COc3ccc1cc32. The molecule has 4 aromatic rings. The first-order chi connectivity index (χ1) is 37.4. The fraction of sp³-hybridized carbons (Fsp3) is 0.552. The van der Waals surface area contributed by atoms with Gasteiger partial charge in [-0.05, 0) is 184 Å². The molecule has 4 N–H and O–H groups in total. The van der Waals surface area contributed by atoms with E-state index in [1.807, 2.05) is 12.1 Å². The molecule has 0 radical (unpaired) electrons. The second-order valence-corrected chi connectivity index (χ2v) is 27.8. The third-order valence-corrected chi connectivity index (χ3v) is 20.8. The molecule has 12 rings (SSSR count). The summed E-state index contributed by atoms with van der Waals surface area (Å²) in [6.07, 6.45) is 10.1. The number of amides is 2. The van der Waals surface area contributed by atoms with Gasteiger partial charge in [-0.25, -0.2) is 26.3 Å². The first-order valence-electron chi connectivity index (χ1n) is 27.7. The van der Waals surface area contributed by atoms with Crippen molar-refractivity contribution in [3.8, 4) is 11.5 Å². The summed E-state index contributed by atoms with van der Waals surface area (Å²) >= 11 is 12.7. The van der Waals surface area contributed by atoms with Crippen LogP contribution < -0.4 is 28.7 Å². The topological polar surface area (TPSA) is 210 Å². The van der Waals surface area contributed by atoms with Crippen LogP contribution in [0.5, 0.6) is 11.5 Å². The highest BCUT2D eigenvalue weighted by Crippen LogP contribution is 2.49. The minimum atomic E-state index is -3.90. The summed E-state index contributed by atoms with van der Waals surface area (Å²) < 4.78 is 78.3. The Labute approximate surface area is 467 Å². The molecule has 2 fully saturated rings. The second-order valence-electron chi connectivity index (χ2n) is 23.2. The molecule has 4 aromatic carbocycles. The molecular formula is C58H70Cl2N4O12S2. The highest BCUT2D eigenvalue weighted by molar-refractivity contribution is 7.90. The quantitative estimate of drug-likeness (QED) is 0.136. The zero-order valence-electron chi connectivity index (χ0n) is 43.8. The summed E-state index contributed by atoms with van der Waals surface area (Å²) in [5.74, 6) is 0.804. The van der Waals surface area contributed by atoms with Gasteiger partial charge in [-0.1, -0.05) is 35.3 Å². The second kappa shape index (κ2) is 22.7. The van der Waals surface area contributed by atoms with Crippen LogP contribution in [-0.2, 0) is 53.2 Å². The lowest BCUT2D eigenvalue weighted by Crippen LogP contribution is -2.48. The van der Waals surface area contributed by atoms with Crippen LogP contribution >= 0.6 is 23.2 Å². The maximum Gasteiger partial charge on any atom is 0.264 e. The summed E-state index contributed by atoms with van der Waals surface area (Å²) in [6.45, 7) is 3.96. The first kappa shape index (κ1) is 55.3. The van der Waals surface area contributed by atoms with Crippen LogP contribution in [0.25, 0.3) is 0 Å². The normalized spacial score (nSPS) is 30.7. The fourth-order valence-electron chi connectivity index (χ4n) is 13.6. The molecule has 8 atom stereocenters. The van der Waals surface area contributed by atoms with Crippen molar-refractivity contribution in [3.05, 3.63) is 116 Å². The molecule has 16 nitrogen and oxygen atoms in total. The van der Waals surface area contributed by atoms with Crippen molar-refractivity contribution < 1.29 is 55.6 Å². The number of nitrogens with zero attached hydrogens (tertiary/aromatic N) is 2. The summed E-state index contributed by atoms with van der Waals surface area (Å²) in [5.41, 5.74) is 6.71. The van der Waals surface area contributed by atoms with Crippen molar-refractivity contribution in [2.75, 3.05) is 87.1 Å². The van der Waals surface area contributed by atoms with Crippen molar-refractivity contribution >= 4 is 66.4 Å². The number of hydrogen-bond acceptors (Lipinski definition) is 14. The summed E-state index contributed by atoms with van der Waals surface area (Å²) in [4.78, 5) is 30.7. The molecule has 420 valence electrons. The van der Waals surface area contributed by atoms with Crippen molar-refractivity contribution in [2.24, 2.45) is 23.7 Å². The zero-order chi connectivity index (χ0) is 54.4. The standard InChI is InChI=1S/2C29H35ClN2O6S/c2*30-23-6-7-25-20(12-23)2-1-9-29(25)17-32-15-22-4-3-19(22)13-24(33)16-37-10-11-39(35,36)31-28(34)21-5-8-27(38-18-29)26(32)14-21/h2*5-8,12,14,19,22,24,33H,1-4,9-11,13,15-18H2,(H,31,34)/t19-,22-,24+,29-;19-,22-,24-,29-/m00/s1. The molecule has 2 amide bonds. The number of carbonyl (C=O) groups is 2. The molecule has 4 heterocycles. The molecule has 4 bridgehead atoms. The largest absolute Gasteiger partial charge is 0.490 e. The number of ether oxygens (including phenoxy) is 4. The van der Waals surface area contributed by atoms with Crippen molar-refractivity contribution in [1.82, 2.24) is 9.44 Å². The lowest BCUT2D eigenvalue weighted by atomic mass is 9.68. The number of carbonyl (C=O) groups excluding carboxylic acids is 2. The van der Waals surface area contributed by atoms with E-state index in [0.717, 1.165) is 98.7 Å². The Balaban J connectivity index is 0.000000165. The van der Waals surface area contributed by atoms with Crippen molar-refractivity contribution in [2.45, 2.75) is 100 Å². The number of rotatable bonds is 0. The molecular weight excluding hydrogens is 1080 g/mol. The third-order valence-electron chi connectivity index (χ3n) is 17.9. The highest BCUT2D eigenvalue weighted by atomic mass is 35.5. The number of sulfonamides is 2. The number of aryl methyl sites for hydroxylation is 2. The number of aliphatic hydroxyl groups excluding tert-OH is 2. The predicted octanol–water partition coefficient (Wildman–Crippen LogP) is 7.36. The molecule has 78 heavy (non-hydrogen) atoms. The highest BCUT2D eigenvalue weighted by Gasteiger charge is 2.46. The Morgan fingerprint density at radius 3 is 1.40 bits per heavy atom. The lowest BCUT2D eigenvalue weighted by molar-refractivity contribution is 0.00955. The van der Waals surface area contributed by atoms with E-state index >= 15 is 0 Å². The van der Waals surface area contributed by atoms with E-state index in [1.165, 1.54) is 22.3 Å². The minimum Gasteiger partial charge on any atom is -0.490 e. The fourth-order valence-corrected chi connectivity index (χ4v) is 15.6. The lowest BCUT2D eigenvalue weighted by Gasteiger charge is -2.45. The number of benzene rings is 4. The first-order valence-corrected chi connectivity index (χ1v) is 31.7. The van der Waals surface area contributed by atoms with Gasteiger partial charge in [-0.2, -0.15) is 0 Å². The van der Waals surface area contributed by atoms with Crippen molar-refractivity contribution in [3.63, 3.8) is 0 Å². The smallest absolute Gasteiger partial charge is 0.264 e. The van der Waals surface area contributed by atoms with Crippen LogP contribution in [0.2, 0.25) is 10.0 Å². The van der Waals surface area contributed by atoms with Gasteiger partial charge in [0.05, 0.1) is 74.7 Å². The molecule has 4 aliphatic carbocycles. The zero-order valence-corrected chi connectivity index (χ0v) is 47.0. The van der Waals surface area contributed by atoms with Gasteiger partial charge in [0.2, 0.25) is 20.0 Å². The Hall–Kier alpha value is -4.66. The van der Waals surface area contributed by atoms with Gasteiger partial charge in [-0.3, -0.25) is 9.59 Å². The van der Waals surface area contributed by atoms with Gasteiger partial charge in [0.1, 0.15) is 11.5 Å². The molecule has 0 saturated heterocycles. The van der Waals surface area contributed by atoms with Crippen LogP contribution in [0.3, 0.4) is 0 Å². The van der Waals surface area contributed by atoms with Crippen LogP contribution in [0, 0.1) is 23.7 Å². The number of halogens is 2. The average Bonchev–Trinajstić information content (AvgIpc) is 3.81. The summed E-state index contributed by atoms with van der Waals surface area (Å²) in [6, 6.07) is 22.6. The molecule has 20 heteroatoms. The van der Waals surface area contributed by atoms with Crippen molar-refractivity contribution in [1.29, 1.82) is 0 Å². The maximum atomic E-state index is 13.0. The average molecular weight is 1150 g/mol.